The van der Waals surface area contributed by atoms with Crippen molar-refractivity contribution in [1.29, 1.82) is 0 Å². The van der Waals surface area contributed by atoms with Gasteiger partial charge in [-0.2, -0.15) is 0 Å². The van der Waals surface area contributed by atoms with E-state index in [9.17, 15) is 38.6 Å². The van der Waals surface area contributed by atoms with Gasteiger partial charge < -0.3 is 34.4 Å². The lowest BCUT2D eigenvalue weighted by Gasteiger charge is -2.20. The Hall–Kier alpha value is -2.03. The molecule has 0 fully saturated rings. The highest BCUT2D eigenvalue weighted by molar-refractivity contribution is 7.47. The van der Waals surface area contributed by atoms with Crippen molar-refractivity contribution < 1.29 is 71.5 Å². The van der Waals surface area contributed by atoms with Crippen LogP contribution in [0, 0.1) is 17.8 Å². The summed E-state index contributed by atoms with van der Waals surface area (Å²) in [6.45, 7) is 3.75. The monoisotopic (exact) mass is 908 g/mol. The topological polar surface area (TPSA) is 233 Å². The number of rotatable bonds is 39. The summed E-state index contributed by atoms with van der Waals surface area (Å²) in [5, 5.41) is 20.0. The number of phosphoric ester groups is 2. The maximum Gasteiger partial charge on any atom is 0.472 e. The van der Waals surface area contributed by atoms with Gasteiger partial charge in [-0.05, 0) is 50.0 Å². The van der Waals surface area contributed by atoms with Crippen molar-refractivity contribution >= 4 is 33.4 Å². The molecule has 0 saturated carbocycles. The lowest BCUT2D eigenvalue weighted by atomic mass is 9.90. The van der Waals surface area contributed by atoms with Gasteiger partial charge in [-0.1, -0.05) is 147 Å². The second-order valence-electron chi connectivity index (χ2n) is 16.5. The standard InChI is InChI=1S/C44H78O15P2/c1-4-5-18-25-38(45)29-30-41-37(28-31-42(41)47)24-20-16-17-21-26-43(48)55-34-40(35-58-61(53,54)57-33-39(46)32-56-60(50,51)52)59-44(49)27-22-15-13-11-9-7-6-8-10-12-14-19-23-36(2)3/h16,20,28-31,36-41,45-46H,4-15,17-19,21-27,32-35H2,1-3H3,(H,53,54)(H2,50,51,52)/b20-16-,30-29+/t37-,38-,39-,40+,41+/m0/s1. The van der Waals surface area contributed by atoms with E-state index in [2.05, 4.69) is 29.8 Å². The molecule has 0 aliphatic heterocycles. The number of esters is 2. The first kappa shape index (κ1) is 57.0. The molecule has 0 radical (unpaired) electrons. The lowest BCUT2D eigenvalue weighted by Crippen LogP contribution is -2.30. The third kappa shape index (κ3) is 33.2. The fourth-order valence-electron chi connectivity index (χ4n) is 6.64. The average Bonchev–Trinajstić information content (AvgIpc) is 3.55. The van der Waals surface area contributed by atoms with E-state index in [1.807, 2.05) is 18.2 Å². The van der Waals surface area contributed by atoms with Gasteiger partial charge in [0.2, 0.25) is 0 Å². The predicted octanol–water partition coefficient (Wildman–Crippen LogP) is 9.15. The molecule has 1 unspecified atom stereocenters. The summed E-state index contributed by atoms with van der Waals surface area (Å²) in [6, 6.07) is 0. The quantitative estimate of drug-likeness (QED) is 0.0167. The molecule has 0 amide bonds. The molecule has 61 heavy (non-hydrogen) atoms. The van der Waals surface area contributed by atoms with Gasteiger partial charge in [0.05, 0.1) is 25.9 Å². The number of hydrogen-bond donors (Lipinski definition) is 5. The summed E-state index contributed by atoms with van der Waals surface area (Å²) in [7, 11) is -9.74. The molecule has 0 heterocycles. The van der Waals surface area contributed by atoms with Crippen molar-refractivity contribution in [2.24, 2.45) is 17.8 Å². The van der Waals surface area contributed by atoms with E-state index in [1.54, 1.807) is 18.2 Å². The fraction of sp³-hybridized carbons (Fsp3) is 0.795. The third-order valence-corrected chi connectivity index (χ3v) is 11.6. The molecule has 0 bridgehead atoms. The van der Waals surface area contributed by atoms with Gasteiger partial charge in [0, 0.05) is 18.8 Å². The molecule has 5 N–H and O–H groups in total. The molecule has 0 aromatic heterocycles. The van der Waals surface area contributed by atoms with Gasteiger partial charge in [0.1, 0.15) is 12.7 Å². The van der Waals surface area contributed by atoms with Crippen LogP contribution in [0.2, 0.25) is 0 Å². The van der Waals surface area contributed by atoms with Gasteiger partial charge in [-0.3, -0.25) is 28.0 Å². The van der Waals surface area contributed by atoms with E-state index < -0.39 is 72.3 Å². The molecule has 6 atom stereocenters. The normalized spacial score (nSPS) is 18.3. The number of aliphatic hydroxyl groups is 2. The molecule has 0 aromatic carbocycles. The minimum absolute atomic E-state index is 0.0106. The van der Waals surface area contributed by atoms with Crippen molar-refractivity contribution in [3.05, 3.63) is 36.5 Å². The Kier molecular flexibility index (Phi) is 32.1. The van der Waals surface area contributed by atoms with Crippen LogP contribution < -0.4 is 0 Å². The van der Waals surface area contributed by atoms with Crippen molar-refractivity contribution in [2.45, 2.75) is 180 Å². The first-order valence-corrected chi connectivity index (χ1v) is 25.6. The number of ether oxygens (including phenoxy) is 2. The Labute approximate surface area is 364 Å². The van der Waals surface area contributed by atoms with Crippen LogP contribution in [0.4, 0.5) is 0 Å². The first-order chi connectivity index (χ1) is 29.0. The maximum absolute atomic E-state index is 12.7. The Morgan fingerprint density at radius 3 is 1.92 bits per heavy atom. The van der Waals surface area contributed by atoms with Crippen LogP contribution in [0.25, 0.3) is 0 Å². The van der Waals surface area contributed by atoms with Crippen molar-refractivity contribution in [1.82, 2.24) is 0 Å². The Morgan fingerprint density at radius 1 is 0.721 bits per heavy atom. The lowest BCUT2D eigenvalue weighted by molar-refractivity contribution is -0.161. The van der Waals surface area contributed by atoms with E-state index in [-0.39, 0.29) is 30.5 Å². The van der Waals surface area contributed by atoms with Gasteiger partial charge in [-0.15, -0.1) is 0 Å². The number of aliphatic hydroxyl groups excluding tert-OH is 2. The van der Waals surface area contributed by atoms with Gasteiger partial charge in [0.25, 0.3) is 0 Å². The summed E-state index contributed by atoms with van der Waals surface area (Å²) in [5.41, 5.74) is 0. The molecule has 0 aromatic rings. The van der Waals surface area contributed by atoms with Crippen LogP contribution in [0.15, 0.2) is 36.5 Å². The number of unbranched alkanes of at least 4 members (excludes halogenated alkanes) is 14. The van der Waals surface area contributed by atoms with Crippen LogP contribution in [-0.4, -0.2) is 87.4 Å². The zero-order chi connectivity index (χ0) is 45.4. The number of hydrogen-bond acceptors (Lipinski definition) is 12. The molecule has 1 rings (SSSR count). The van der Waals surface area contributed by atoms with E-state index in [4.69, 9.17) is 23.8 Å². The Balaban J connectivity index is 2.52. The smallest absolute Gasteiger partial charge is 0.462 e. The number of ketones is 1. The zero-order valence-electron chi connectivity index (χ0n) is 37.0. The van der Waals surface area contributed by atoms with Crippen LogP contribution in [0.5, 0.6) is 0 Å². The third-order valence-electron chi connectivity index (χ3n) is 10.2. The van der Waals surface area contributed by atoms with Crippen molar-refractivity contribution in [3.63, 3.8) is 0 Å². The molecule has 1 aliphatic carbocycles. The maximum atomic E-state index is 12.7. The van der Waals surface area contributed by atoms with Crippen molar-refractivity contribution in [2.75, 3.05) is 26.4 Å². The largest absolute Gasteiger partial charge is 0.472 e. The fourth-order valence-corrected chi connectivity index (χ4v) is 7.80. The Morgan fingerprint density at radius 2 is 1.30 bits per heavy atom. The number of carbonyl (C=O) groups is 3. The minimum atomic E-state index is -4.89. The van der Waals surface area contributed by atoms with Crippen LogP contribution in [0.3, 0.4) is 0 Å². The van der Waals surface area contributed by atoms with Crippen molar-refractivity contribution in [3.8, 4) is 0 Å². The molecule has 354 valence electrons. The number of allylic oxidation sites excluding steroid dienone is 5. The predicted molar refractivity (Wildman–Crippen MR) is 234 cm³/mol. The highest BCUT2D eigenvalue weighted by Gasteiger charge is 2.29. The number of carbonyl (C=O) groups excluding carboxylic acids is 3. The molecular formula is C44H78O15P2. The van der Waals surface area contributed by atoms with Crippen LogP contribution in [-0.2, 0) is 46.6 Å². The molecule has 1 aliphatic rings. The minimum Gasteiger partial charge on any atom is -0.462 e. The van der Waals surface area contributed by atoms with Gasteiger partial charge in [0.15, 0.2) is 11.9 Å². The van der Waals surface area contributed by atoms with E-state index in [0.29, 0.717) is 32.1 Å². The highest BCUT2D eigenvalue weighted by Crippen LogP contribution is 2.44. The second kappa shape index (κ2) is 34.4. The summed E-state index contributed by atoms with van der Waals surface area (Å²) < 4.78 is 47.8. The van der Waals surface area contributed by atoms with E-state index >= 15 is 0 Å². The van der Waals surface area contributed by atoms with Gasteiger partial charge >= 0.3 is 27.6 Å². The molecular weight excluding hydrogens is 830 g/mol. The van der Waals surface area contributed by atoms with Gasteiger partial charge in [-0.25, -0.2) is 9.13 Å². The summed E-state index contributed by atoms with van der Waals surface area (Å²) in [6.07, 6.45) is 27.8. The molecule has 15 nitrogen and oxygen atoms in total. The zero-order valence-corrected chi connectivity index (χ0v) is 38.8. The molecule has 0 saturated heterocycles. The summed E-state index contributed by atoms with van der Waals surface area (Å²) >= 11 is 0. The second-order valence-corrected chi connectivity index (χ2v) is 19.2. The Bertz CT molecular complexity index is 1380. The van der Waals surface area contributed by atoms with Crippen LogP contribution in [0.1, 0.15) is 162 Å². The molecule has 17 heteroatoms. The van der Waals surface area contributed by atoms with E-state index in [1.165, 1.54) is 51.4 Å². The number of phosphoric acid groups is 2. The highest BCUT2D eigenvalue weighted by atomic mass is 31.2. The van der Waals surface area contributed by atoms with Crippen LogP contribution >= 0.6 is 15.6 Å². The summed E-state index contributed by atoms with van der Waals surface area (Å²) in [4.78, 5) is 65.3. The van der Waals surface area contributed by atoms with E-state index in [0.717, 1.165) is 50.9 Å². The summed E-state index contributed by atoms with van der Waals surface area (Å²) in [5.74, 6) is -0.721. The SMILES string of the molecule is CCCCC[C@H](O)/C=C/[C@H]1C(=O)C=C[C@@H]1C/C=C\CCCC(=O)OC[C@H](COP(=O)(O)OC[C@@H](O)COP(=O)(O)O)OC(=O)CCCCCCCCCCCCCCC(C)C. The first-order valence-electron chi connectivity index (χ1n) is 22.6. The average molecular weight is 909 g/mol. The molecule has 0 spiro atoms.